The van der Waals surface area contributed by atoms with Gasteiger partial charge in [0.05, 0.1) is 10.8 Å². The van der Waals surface area contributed by atoms with Crippen LogP contribution in [0.2, 0.25) is 0 Å². The molecule has 1 aliphatic heterocycles. The maximum Gasteiger partial charge on any atom is 0.411 e. The van der Waals surface area contributed by atoms with E-state index in [2.05, 4.69) is 28.4 Å². The van der Waals surface area contributed by atoms with E-state index >= 15 is 0 Å². The largest absolute Gasteiger partial charge is 0.411 e. The lowest BCUT2D eigenvalue weighted by atomic mass is 10.1. The van der Waals surface area contributed by atoms with Gasteiger partial charge in [0, 0.05) is 17.8 Å². The maximum atomic E-state index is 11.9. The zero-order chi connectivity index (χ0) is 13.9. The van der Waals surface area contributed by atoms with Crippen molar-refractivity contribution in [3.05, 3.63) is 17.0 Å². The molecule has 19 heavy (non-hydrogen) atoms. The van der Waals surface area contributed by atoms with Crippen LogP contribution < -0.4 is 5.32 Å². The molecule has 1 aromatic rings. The number of hydrogen-bond donors (Lipinski definition) is 1. The lowest BCUT2D eigenvalue weighted by Gasteiger charge is -2.27. The minimum absolute atomic E-state index is 0.0804. The highest BCUT2D eigenvalue weighted by molar-refractivity contribution is 8.01. The Balaban J connectivity index is 1.75. The van der Waals surface area contributed by atoms with Crippen molar-refractivity contribution in [1.82, 2.24) is 5.32 Å². The second-order valence-electron chi connectivity index (χ2n) is 4.50. The first-order valence-electron chi connectivity index (χ1n) is 6.07. The Morgan fingerprint density at radius 1 is 1.47 bits per heavy atom. The van der Waals surface area contributed by atoms with E-state index in [-0.39, 0.29) is 12.6 Å². The summed E-state index contributed by atoms with van der Waals surface area (Å²) in [6, 6.07) is 2.32. The molecule has 0 fully saturated rings. The van der Waals surface area contributed by atoms with Gasteiger partial charge < -0.3 is 10.1 Å². The summed E-state index contributed by atoms with van der Waals surface area (Å²) < 4.78 is 41.6. The highest BCUT2D eigenvalue weighted by atomic mass is 32.2. The molecule has 2 rings (SSSR count). The van der Waals surface area contributed by atoms with Crippen LogP contribution in [0.1, 0.15) is 24.9 Å². The molecule has 0 saturated heterocycles. The second kappa shape index (κ2) is 6.47. The lowest BCUT2D eigenvalue weighted by molar-refractivity contribution is -0.173. The van der Waals surface area contributed by atoms with E-state index in [1.807, 2.05) is 11.8 Å². The molecule has 0 aliphatic carbocycles. The van der Waals surface area contributed by atoms with Crippen LogP contribution in [0.5, 0.6) is 0 Å². The van der Waals surface area contributed by atoms with Crippen molar-refractivity contribution in [3.8, 4) is 0 Å². The van der Waals surface area contributed by atoms with Gasteiger partial charge in [0.15, 0.2) is 0 Å². The van der Waals surface area contributed by atoms with Crippen molar-refractivity contribution in [2.24, 2.45) is 0 Å². The second-order valence-corrected chi connectivity index (χ2v) is 7.13. The number of nitrogens with one attached hydrogen (secondary N) is 1. The van der Waals surface area contributed by atoms with Gasteiger partial charge in [-0.15, -0.1) is 23.1 Å². The highest BCUT2D eigenvalue weighted by Crippen LogP contribution is 2.43. The molecule has 7 heteroatoms. The average Bonchev–Trinajstić information content (AvgIpc) is 2.74. The van der Waals surface area contributed by atoms with Crippen LogP contribution in [0.3, 0.4) is 0 Å². The fraction of sp³-hybridized carbons (Fsp3) is 0.667. The Hall–Kier alpha value is -0.240. The Morgan fingerprint density at radius 3 is 3.00 bits per heavy atom. The van der Waals surface area contributed by atoms with Crippen LogP contribution >= 0.6 is 23.1 Å². The standard InChI is InChI=1S/C12H16F3NOS2/c1-8-6-10(9-2-5-18-11(9)19-8)16-3-4-17-7-12(13,14)15/h2,5,8,10,16H,3-4,6-7H2,1H3/t8-,10?/m0/s1. The normalized spacial score (nSPS) is 23.4. The summed E-state index contributed by atoms with van der Waals surface area (Å²) in [7, 11) is 0. The molecule has 0 amide bonds. The van der Waals surface area contributed by atoms with Crippen LogP contribution in [0.25, 0.3) is 0 Å². The first kappa shape index (κ1) is 15.2. The monoisotopic (exact) mass is 311 g/mol. The molecule has 1 N–H and O–H groups in total. The third-order valence-corrected chi connectivity index (χ3v) is 5.16. The van der Waals surface area contributed by atoms with E-state index in [1.165, 1.54) is 9.77 Å². The summed E-state index contributed by atoms with van der Waals surface area (Å²) in [5.74, 6) is 0. The number of alkyl halides is 3. The third kappa shape index (κ3) is 4.66. The van der Waals surface area contributed by atoms with Crippen molar-refractivity contribution >= 4 is 23.1 Å². The van der Waals surface area contributed by atoms with E-state index in [0.717, 1.165) is 6.42 Å². The Morgan fingerprint density at radius 2 is 2.26 bits per heavy atom. The van der Waals surface area contributed by atoms with Gasteiger partial charge in [0.25, 0.3) is 0 Å². The summed E-state index contributed by atoms with van der Waals surface area (Å²) in [6.45, 7) is 1.52. The number of rotatable bonds is 5. The van der Waals surface area contributed by atoms with Crippen LogP contribution in [0.4, 0.5) is 13.2 Å². The molecule has 2 atom stereocenters. The smallest absolute Gasteiger partial charge is 0.371 e. The number of ether oxygens (including phenoxy) is 1. The van der Waals surface area contributed by atoms with Crippen molar-refractivity contribution < 1.29 is 17.9 Å². The van der Waals surface area contributed by atoms with E-state index in [4.69, 9.17) is 0 Å². The molecule has 0 saturated carbocycles. The predicted octanol–water partition coefficient (Wildman–Crippen LogP) is 3.84. The lowest BCUT2D eigenvalue weighted by Crippen LogP contribution is -2.30. The van der Waals surface area contributed by atoms with Crippen LogP contribution in [0, 0.1) is 0 Å². The quantitative estimate of drug-likeness (QED) is 0.835. The molecule has 1 unspecified atom stereocenters. The maximum absolute atomic E-state index is 11.9. The topological polar surface area (TPSA) is 21.3 Å². The summed E-state index contributed by atoms with van der Waals surface area (Å²) in [5, 5.41) is 5.87. The van der Waals surface area contributed by atoms with E-state index in [0.29, 0.717) is 11.8 Å². The Labute approximate surface area is 118 Å². The minimum Gasteiger partial charge on any atom is -0.371 e. The Bertz CT molecular complexity index is 408. The Kier molecular flexibility index (Phi) is 5.16. The van der Waals surface area contributed by atoms with Gasteiger partial charge >= 0.3 is 6.18 Å². The predicted molar refractivity (Wildman–Crippen MR) is 71.9 cm³/mol. The molecule has 0 radical (unpaired) electrons. The van der Waals surface area contributed by atoms with Gasteiger partial charge in [0.1, 0.15) is 6.61 Å². The van der Waals surface area contributed by atoms with Crippen molar-refractivity contribution in [2.75, 3.05) is 19.8 Å². The third-order valence-electron chi connectivity index (χ3n) is 2.81. The van der Waals surface area contributed by atoms with Crippen molar-refractivity contribution in [2.45, 2.75) is 35.0 Å². The molecule has 2 nitrogen and oxygen atoms in total. The number of halogens is 3. The van der Waals surface area contributed by atoms with Gasteiger partial charge in [-0.2, -0.15) is 13.2 Å². The molecule has 0 spiro atoms. The summed E-state index contributed by atoms with van der Waals surface area (Å²) >= 11 is 3.59. The first-order valence-corrected chi connectivity index (χ1v) is 7.83. The molecule has 108 valence electrons. The van der Waals surface area contributed by atoms with Crippen molar-refractivity contribution in [1.29, 1.82) is 0 Å². The van der Waals surface area contributed by atoms with Gasteiger partial charge in [-0.1, -0.05) is 6.92 Å². The van der Waals surface area contributed by atoms with Crippen molar-refractivity contribution in [3.63, 3.8) is 0 Å². The SMILES string of the molecule is C[C@H]1CC(NCCOCC(F)(F)F)c2ccsc2S1. The van der Waals surface area contributed by atoms with Crippen LogP contribution in [0.15, 0.2) is 15.7 Å². The molecule has 0 aromatic carbocycles. The fourth-order valence-electron chi connectivity index (χ4n) is 2.04. The molecule has 1 aromatic heterocycles. The van der Waals surface area contributed by atoms with Gasteiger partial charge in [-0.05, 0) is 23.4 Å². The number of thioether (sulfide) groups is 1. The molecular formula is C12H16F3NOS2. The fourth-order valence-corrected chi connectivity index (χ4v) is 4.60. The van der Waals surface area contributed by atoms with E-state index in [9.17, 15) is 13.2 Å². The molecule has 2 heterocycles. The van der Waals surface area contributed by atoms with E-state index in [1.54, 1.807) is 11.3 Å². The summed E-state index contributed by atoms with van der Waals surface area (Å²) in [5.41, 5.74) is 1.27. The van der Waals surface area contributed by atoms with Crippen LogP contribution in [-0.2, 0) is 4.74 Å². The van der Waals surface area contributed by atoms with Gasteiger partial charge in [0.2, 0.25) is 0 Å². The number of thiophene rings is 1. The number of hydrogen-bond acceptors (Lipinski definition) is 4. The summed E-state index contributed by atoms with van der Waals surface area (Å²) in [6.07, 6.45) is -3.25. The van der Waals surface area contributed by atoms with Crippen LogP contribution in [-0.4, -0.2) is 31.2 Å². The molecule has 0 bridgehead atoms. The summed E-state index contributed by atoms with van der Waals surface area (Å²) in [4.78, 5) is 0. The number of fused-ring (bicyclic) bond motifs is 1. The minimum atomic E-state index is -4.24. The highest BCUT2D eigenvalue weighted by Gasteiger charge is 2.28. The van der Waals surface area contributed by atoms with E-state index < -0.39 is 12.8 Å². The zero-order valence-corrected chi connectivity index (χ0v) is 12.1. The molecule has 1 aliphatic rings. The van der Waals surface area contributed by atoms with Gasteiger partial charge in [-0.3, -0.25) is 0 Å². The zero-order valence-electron chi connectivity index (χ0n) is 10.5. The first-order chi connectivity index (χ1) is 8.96. The average molecular weight is 311 g/mol. The van der Waals surface area contributed by atoms with Gasteiger partial charge in [-0.25, -0.2) is 0 Å². The molecular weight excluding hydrogens is 295 g/mol.